The van der Waals surface area contributed by atoms with Crippen molar-refractivity contribution in [3.63, 3.8) is 0 Å². The lowest BCUT2D eigenvalue weighted by Crippen LogP contribution is -2.45. The maximum atomic E-state index is 13.0. The highest BCUT2D eigenvalue weighted by atomic mass is 32.2. The van der Waals surface area contributed by atoms with E-state index in [1.807, 2.05) is 13.8 Å². The van der Waals surface area contributed by atoms with Crippen molar-refractivity contribution in [1.82, 2.24) is 9.62 Å². The molecule has 0 aliphatic carbocycles. The minimum atomic E-state index is -3.69. The topological polar surface area (TPSA) is 66.5 Å². The molecule has 0 spiro atoms. The summed E-state index contributed by atoms with van der Waals surface area (Å²) in [6, 6.07) is 4.77. The fourth-order valence-electron chi connectivity index (χ4n) is 2.58. The number of hydrogen-bond acceptors (Lipinski definition) is 3. The summed E-state index contributed by atoms with van der Waals surface area (Å²) in [6.07, 6.45) is 1.32. The third kappa shape index (κ3) is 4.51. The molecule has 1 aromatic carbocycles. The van der Waals surface area contributed by atoms with Crippen molar-refractivity contribution in [3.05, 3.63) is 30.1 Å². The highest BCUT2D eigenvalue weighted by molar-refractivity contribution is 7.89. The molecule has 1 amide bonds. The number of sulfonamides is 1. The van der Waals surface area contributed by atoms with E-state index in [2.05, 4.69) is 5.32 Å². The fraction of sp³-hybridized carbons (Fsp3) is 0.562. The molecular weight excluding hydrogens is 319 g/mol. The Hall–Kier alpha value is -1.47. The van der Waals surface area contributed by atoms with Gasteiger partial charge in [0.15, 0.2) is 0 Å². The summed E-state index contributed by atoms with van der Waals surface area (Å²) in [6.45, 7) is 5.15. The lowest BCUT2D eigenvalue weighted by molar-refractivity contribution is -0.126. The van der Waals surface area contributed by atoms with Crippen molar-refractivity contribution in [2.24, 2.45) is 11.8 Å². The van der Waals surface area contributed by atoms with E-state index in [1.165, 1.54) is 16.4 Å². The monoisotopic (exact) mass is 342 g/mol. The van der Waals surface area contributed by atoms with Gasteiger partial charge in [-0.05, 0) is 43.0 Å². The van der Waals surface area contributed by atoms with Crippen molar-refractivity contribution >= 4 is 15.9 Å². The Labute approximate surface area is 136 Å². The SMILES string of the molecule is CC(C)CNC(=O)[C@@H]1CCCN(S(=O)(=O)c2ccc(F)cc2)C1. The Kier molecular flexibility index (Phi) is 5.75. The minimum absolute atomic E-state index is 0.0575. The van der Waals surface area contributed by atoms with Gasteiger partial charge in [0.1, 0.15) is 5.82 Å². The number of rotatable bonds is 5. The molecule has 1 aliphatic heterocycles. The standard InChI is InChI=1S/C16H23FN2O3S/c1-12(2)10-18-16(20)13-4-3-9-19(11-13)23(21,22)15-7-5-14(17)6-8-15/h5-8,12-13H,3-4,9-11H2,1-2H3,(H,18,20)/t13-/m1/s1. The molecule has 0 radical (unpaired) electrons. The number of nitrogens with one attached hydrogen (secondary N) is 1. The van der Waals surface area contributed by atoms with Gasteiger partial charge < -0.3 is 5.32 Å². The average molecular weight is 342 g/mol. The zero-order valence-corrected chi connectivity index (χ0v) is 14.3. The van der Waals surface area contributed by atoms with Gasteiger partial charge in [-0.3, -0.25) is 4.79 Å². The van der Waals surface area contributed by atoms with E-state index in [4.69, 9.17) is 0 Å². The zero-order chi connectivity index (χ0) is 17.0. The van der Waals surface area contributed by atoms with Crippen LogP contribution in [0.4, 0.5) is 4.39 Å². The van der Waals surface area contributed by atoms with Crippen molar-refractivity contribution in [3.8, 4) is 0 Å². The third-order valence-electron chi connectivity index (χ3n) is 3.89. The Morgan fingerprint density at radius 2 is 2.00 bits per heavy atom. The molecule has 0 saturated carbocycles. The van der Waals surface area contributed by atoms with E-state index in [0.717, 1.165) is 12.1 Å². The average Bonchev–Trinajstić information content (AvgIpc) is 2.53. The molecule has 0 aromatic heterocycles. The third-order valence-corrected chi connectivity index (χ3v) is 5.77. The molecule has 0 bridgehead atoms. The summed E-state index contributed by atoms with van der Waals surface area (Å²) in [5.74, 6) is -0.564. The summed E-state index contributed by atoms with van der Waals surface area (Å²) in [4.78, 5) is 12.2. The maximum absolute atomic E-state index is 13.0. The van der Waals surface area contributed by atoms with Gasteiger partial charge in [0.2, 0.25) is 15.9 Å². The Bertz CT molecular complexity index is 644. The maximum Gasteiger partial charge on any atom is 0.243 e. The van der Waals surface area contributed by atoms with Crippen molar-refractivity contribution in [2.45, 2.75) is 31.6 Å². The number of benzene rings is 1. The van der Waals surface area contributed by atoms with Crippen LogP contribution in [0.15, 0.2) is 29.2 Å². The predicted molar refractivity (Wildman–Crippen MR) is 85.7 cm³/mol. The number of carbonyl (C=O) groups is 1. The molecule has 1 aromatic rings. The van der Waals surface area contributed by atoms with E-state index in [1.54, 1.807) is 0 Å². The van der Waals surface area contributed by atoms with Crippen molar-refractivity contribution in [1.29, 1.82) is 0 Å². The minimum Gasteiger partial charge on any atom is -0.356 e. The smallest absolute Gasteiger partial charge is 0.243 e. The van der Waals surface area contributed by atoms with Gasteiger partial charge in [-0.2, -0.15) is 4.31 Å². The van der Waals surface area contributed by atoms with Crippen LogP contribution in [-0.2, 0) is 14.8 Å². The highest BCUT2D eigenvalue weighted by Gasteiger charge is 2.33. The second-order valence-corrected chi connectivity index (χ2v) is 8.23. The predicted octanol–water partition coefficient (Wildman–Crippen LogP) is 2.00. The zero-order valence-electron chi connectivity index (χ0n) is 13.5. The molecule has 23 heavy (non-hydrogen) atoms. The van der Waals surface area contributed by atoms with Gasteiger partial charge in [-0.25, -0.2) is 12.8 Å². The van der Waals surface area contributed by atoms with Crippen LogP contribution in [0.5, 0.6) is 0 Å². The molecule has 1 heterocycles. The summed E-state index contributed by atoms with van der Waals surface area (Å²) < 4.78 is 39.5. The quantitative estimate of drug-likeness (QED) is 0.890. The number of piperidine rings is 1. The fourth-order valence-corrected chi connectivity index (χ4v) is 4.10. The summed E-state index contributed by atoms with van der Waals surface area (Å²) in [7, 11) is -3.69. The largest absolute Gasteiger partial charge is 0.356 e. The lowest BCUT2D eigenvalue weighted by Gasteiger charge is -2.31. The Morgan fingerprint density at radius 3 is 2.61 bits per heavy atom. The van der Waals surface area contributed by atoms with Gasteiger partial charge >= 0.3 is 0 Å². The molecule has 1 fully saturated rings. The van der Waals surface area contributed by atoms with Crippen LogP contribution in [0, 0.1) is 17.7 Å². The Morgan fingerprint density at radius 1 is 1.35 bits per heavy atom. The second kappa shape index (κ2) is 7.40. The number of hydrogen-bond donors (Lipinski definition) is 1. The van der Waals surface area contributed by atoms with Gasteiger partial charge in [0, 0.05) is 19.6 Å². The highest BCUT2D eigenvalue weighted by Crippen LogP contribution is 2.24. The molecule has 128 valence electrons. The van der Waals surface area contributed by atoms with Crippen LogP contribution in [-0.4, -0.2) is 38.3 Å². The van der Waals surface area contributed by atoms with E-state index in [9.17, 15) is 17.6 Å². The Balaban J connectivity index is 2.08. The number of nitrogens with zero attached hydrogens (tertiary/aromatic N) is 1. The van der Waals surface area contributed by atoms with Gasteiger partial charge in [-0.15, -0.1) is 0 Å². The number of amides is 1. The van der Waals surface area contributed by atoms with Crippen LogP contribution < -0.4 is 5.32 Å². The van der Waals surface area contributed by atoms with Crippen molar-refractivity contribution in [2.75, 3.05) is 19.6 Å². The molecule has 5 nitrogen and oxygen atoms in total. The first-order chi connectivity index (χ1) is 10.8. The van der Waals surface area contributed by atoms with Crippen LogP contribution in [0.3, 0.4) is 0 Å². The van der Waals surface area contributed by atoms with Crippen LogP contribution in [0.1, 0.15) is 26.7 Å². The number of carbonyl (C=O) groups excluding carboxylic acids is 1. The van der Waals surface area contributed by atoms with Gasteiger partial charge in [-0.1, -0.05) is 13.8 Å². The van der Waals surface area contributed by atoms with Crippen molar-refractivity contribution < 1.29 is 17.6 Å². The summed E-state index contributed by atoms with van der Waals surface area (Å²) >= 11 is 0. The first-order valence-corrected chi connectivity index (χ1v) is 9.28. The first-order valence-electron chi connectivity index (χ1n) is 7.84. The van der Waals surface area contributed by atoms with E-state index in [0.29, 0.717) is 31.8 Å². The van der Waals surface area contributed by atoms with Gasteiger partial charge in [0.25, 0.3) is 0 Å². The molecule has 1 aliphatic rings. The molecule has 0 unspecified atom stereocenters. The molecule has 1 N–H and O–H groups in total. The summed E-state index contributed by atoms with van der Waals surface area (Å²) in [5, 5.41) is 2.86. The normalized spacial score (nSPS) is 19.7. The molecule has 7 heteroatoms. The number of halogens is 1. The molecule has 1 atom stereocenters. The second-order valence-electron chi connectivity index (χ2n) is 6.30. The molecule has 2 rings (SSSR count). The summed E-state index contributed by atoms with van der Waals surface area (Å²) in [5.41, 5.74) is 0. The van der Waals surface area contributed by atoms with E-state index in [-0.39, 0.29) is 23.3 Å². The lowest BCUT2D eigenvalue weighted by atomic mass is 9.98. The first kappa shape index (κ1) is 17.9. The molecular formula is C16H23FN2O3S. The van der Waals surface area contributed by atoms with Crippen LogP contribution in [0.2, 0.25) is 0 Å². The van der Waals surface area contributed by atoms with E-state index >= 15 is 0 Å². The van der Waals surface area contributed by atoms with Gasteiger partial charge in [0.05, 0.1) is 10.8 Å². The van der Waals surface area contributed by atoms with Crippen LogP contribution >= 0.6 is 0 Å². The molecule has 1 saturated heterocycles. The van der Waals surface area contributed by atoms with E-state index < -0.39 is 15.8 Å². The van der Waals surface area contributed by atoms with Crippen LogP contribution in [0.25, 0.3) is 0 Å².